The molecule has 3 rings (SSSR count). The second-order valence-corrected chi connectivity index (χ2v) is 6.58. The summed E-state index contributed by atoms with van der Waals surface area (Å²) in [6, 6.07) is 9.28. The van der Waals surface area contributed by atoms with Gasteiger partial charge in [0.1, 0.15) is 11.6 Å². The molecule has 1 aromatic rings. The summed E-state index contributed by atoms with van der Waals surface area (Å²) >= 11 is 0. The highest BCUT2D eigenvalue weighted by molar-refractivity contribution is 6.03. The maximum atomic E-state index is 12.5. The Kier molecular flexibility index (Phi) is 3.15. The summed E-state index contributed by atoms with van der Waals surface area (Å²) in [5.41, 5.74) is 0.361. The SMILES string of the molecule is CC(C)(C)OC(=O)N1CC2CC1C(=O)N2c1ccccc1. The first-order valence-electron chi connectivity index (χ1n) is 7.24. The molecule has 112 valence electrons. The Morgan fingerprint density at radius 1 is 1.24 bits per heavy atom. The summed E-state index contributed by atoms with van der Waals surface area (Å²) < 4.78 is 5.38. The number of anilines is 1. The molecule has 5 heteroatoms. The summed E-state index contributed by atoms with van der Waals surface area (Å²) in [4.78, 5) is 28.1. The Morgan fingerprint density at radius 2 is 1.90 bits per heavy atom. The number of carbonyl (C=O) groups is 2. The molecule has 5 nitrogen and oxygen atoms in total. The number of para-hydroxylation sites is 1. The van der Waals surface area contributed by atoms with Crippen LogP contribution in [0.25, 0.3) is 0 Å². The number of benzene rings is 1. The molecule has 1 aromatic carbocycles. The molecule has 0 aromatic heterocycles. The van der Waals surface area contributed by atoms with Gasteiger partial charge in [-0.2, -0.15) is 0 Å². The van der Waals surface area contributed by atoms with Gasteiger partial charge in [-0.15, -0.1) is 0 Å². The molecule has 2 atom stereocenters. The Balaban J connectivity index is 1.75. The molecule has 21 heavy (non-hydrogen) atoms. The summed E-state index contributed by atoms with van der Waals surface area (Å²) in [6.07, 6.45) is 0.295. The van der Waals surface area contributed by atoms with Crippen molar-refractivity contribution >= 4 is 17.7 Å². The minimum absolute atomic E-state index is 0.0108. The van der Waals surface area contributed by atoms with Gasteiger partial charge in [0, 0.05) is 12.2 Å². The largest absolute Gasteiger partial charge is 0.444 e. The first-order valence-corrected chi connectivity index (χ1v) is 7.24. The number of nitrogens with zero attached hydrogens (tertiary/aromatic N) is 2. The van der Waals surface area contributed by atoms with Crippen LogP contribution in [0, 0.1) is 0 Å². The zero-order valence-electron chi connectivity index (χ0n) is 12.6. The molecule has 2 fully saturated rings. The first kappa shape index (κ1) is 13.9. The molecule has 0 aliphatic carbocycles. The maximum absolute atomic E-state index is 12.5. The predicted octanol–water partition coefficient (Wildman–Crippen LogP) is 2.41. The van der Waals surface area contributed by atoms with E-state index >= 15 is 0 Å². The van der Waals surface area contributed by atoms with E-state index in [0.717, 1.165) is 5.69 Å². The van der Waals surface area contributed by atoms with Gasteiger partial charge in [0.15, 0.2) is 0 Å². The lowest BCUT2D eigenvalue weighted by Gasteiger charge is -2.34. The van der Waals surface area contributed by atoms with Crippen LogP contribution >= 0.6 is 0 Å². The van der Waals surface area contributed by atoms with E-state index < -0.39 is 11.7 Å². The molecule has 0 radical (unpaired) electrons. The van der Waals surface area contributed by atoms with Gasteiger partial charge in [0.25, 0.3) is 0 Å². The van der Waals surface area contributed by atoms with Crippen molar-refractivity contribution in [2.24, 2.45) is 0 Å². The first-order chi connectivity index (χ1) is 9.87. The molecule has 0 spiro atoms. The highest BCUT2D eigenvalue weighted by Gasteiger charge is 2.52. The van der Waals surface area contributed by atoms with E-state index in [2.05, 4.69) is 0 Å². The van der Waals surface area contributed by atoms with Gasteiger partial charge in [-0.3, -0.25) is 9.69 Å². The third-order valence-electron chi connectivity index (χ3n) is 3.83. The smallest absolute Gasteiger partial charge is 0.411 e. The summed E-state index contributed by atoms with van der Waals surface area (Å²) in [6.45, 7) is 6.03. The van der Waals surface area contributed by atoms with Crippen molar-refractivity contribution in [3.8, 4) is 0 Å². The topological polar surface area (TPSA) is 49.9 Å². The van der Waals surface area contributed by atoms with Crippen LogP contribution < -0.4 is 4.90 Å². The summed E-state index contributed by atoms with van der Waals surface area (Å²) in [7, 11) is 0. The van der Waals surface area contributed by atoms with Gasteiger partial charge < -0.3 is 9.64 Å². The molecule has 2 unspecified atom stereocenters. The van der Waals surface area contributed by atoms with E-state index in [1.807, 2.05) is 56.0 Å². The normalized spacial score (nSPS) is 24.6. The lowest BCUT2D eigenvalue weighted by atomic mass is 10.2. The monoisotopic (exact) mass is 288 g/mol. The Hall–Kier alpha value is -2.04. The summed E-state index contributed by atoms with van der Waals surface area (Å²) in [5, 5.41) is 0. The fourth-order valence-electron chi connectivity index (χ4n) is 3.02. The van der Waals surface area contributed by atoms with Crippen LogP contribution in [0.1, 0.15) is 27.2 Å². The zero-order valence-corrected chi connectivity index (χ0v) is 12.6. The Bertz CT molecular complexity index is 565. The summed E-state index contributed by atoms with van der Waals surface area (Å²) in [5.74, 6) is -0.0108. The van der Waals surface area contributed by atoms with Crippen LogP contribution in [0.3, 0.4) is 0 Å². The van der Waals surface area contributed by atoms with E-state index in [-0.39, 0.29) is 18.0 Å². The molecule has 2 saturated heterocycles. The zero-order chi connectivity index (χ0) is 15.2. The average Bonchev–Trinajstić information content (AvgIpc) is 2.95. The molecule has 2 aliphatic heterocycles. The molecule has 2 heterocycles. The van der Waals surface area contributed by atoms with Crippen LogP contribution in [-0.4, -0.2) is 41.1 Å². The molecule has 0 N–H and O–H groups in total. The molecular formula is C16H20N2O3. The van der Waals surface area contributed by atoms with Gasteiger partial charge in [-0.25, -0.2) is 4.79 Å². The average molecular weight is 288 g/mol. The van der Waals surface area contributed by atoms with E-state index in [0.29, 0.717) is 13.0 Å². The number of piperazine rings is 1. The number of hydrogen-bond acceptors (Lipinski definition) is 3. The number of fused-ring (bicyclic) bond motifs is 2. The minimum Gasteiger partial charge on any atom is -0.444 e. The van der Waals surface area contributed by atoms with Crippen molar-refractivity contribution < 1.29 is 14.3 Å². The van der Waals surface area contributed by atoms with Crippen LogP contribution in [0.15, 0.2) is 30.3 Å². The number of rotatable bonds is 1. The van der Waals surface area contributed by atoms with Crippen molar-refractivity contribution in [2.75, 3.05) is 11.4 Å². The molecule has 2 amide bonds. The highest BCUT2D eigenvalue weighted by atomic mass is 16.6. The van der Waals surface area contributed by atoms with E-state index in [1.165, 1.54) is 0 Å². The van der Waals surface area contributed by atoms with Crippen molar-refractivity contribution in [1.82, 2.24) is 4.90 Å². The molecule has 2 bridgehead atoms. The lowest BCUT2D eigenvalue weighted by molar-refractivity contribution is -0.122. The Morgan fingerprint density at radius 3 is 2.48 bits per heavy atom. The number of carbonyl (C=O) groups excluding carboxylic acids is 2. The van der Waals surface area contributed by atoms with E-state index in [4.69, 9.17) is 4.74 Å². The van der Waals surface area contributed by atoms with Gasteiger partial charge in [0.2, 0.25) is 5.91 Å². The number of hydrogen-bond donors (Lipinski definition) is 0. The number of ether oxygens (including phenoxy) is 1. The minimum atomic E-state index is -0.541. The fourth-order valence-corrected chi connectivity index (χ4v) is 3.02. The van der Waals surface area contributed by atoms with Crippen LogP contribution in [0.4, 0.5) is 10.5 Å². The van der Waals surface area contributed by atoms with E-state index in [1.54, 1.807) is 4.90 Å². The standard InChI is InChI=1S/C16H20N2O3/c1-16(2,3)21-15(20)17-10-12-9-13(17)14(19)18(12)11-7-5-4-6-8-11/h4-8,12-13H,9-10H2,1-3H3. The van der Waals surface area contributed by atoms with Gasteiger partial charge in [0.05, 0.1) is 6.04 Å². The van der Waals surface area contributed by atoms with Crippen LogP contribution in [0.5, 0.6) is 0 Å². The number of likely N-dealkylation sites (tertiary alicyclic amines) is 1. The van der Waals surface area contributed by atoms with Gasteiger partial charge in [-0.1, -0.05) is 18.2 Å². The fraction of sp³-hybridized carbons (Fsp3) is 0.500. The quantitative estimate of drug-likeness (QED) is 0.797. The molecular weight excluding hydrogens is 268 g/mol. The third kappa shape index (κ3) is 2.48. The van der Waals surface area contributed by atoms with Crippen LogP contribution in [-0.2, 0) is 9.53 Å². The van der Waals surface area contributed by atoms with Gasteiger partial charge >= 0.3 is 6.09 Å². The van der Waals surface area contributed by atoms with Crippen LogP contribution in [0.2, 0.25) is 0 Å². The molecule has 0 saturated carbocycles. The van der Waals surface area contributed by atoms with Crippen molar-refractivity contribution in [3.63, 3.8) is 0 Å². The van der Waals surface area contributed by atoms with Crippen molar-refractivity contribution in [3.05, 3.63) is 30.3 Å². The second kappa shape index (κ2) is 4.76. The lowest BCUT2D eigenvalue weighted by Crippen LogP contribution is -2.53. The van der Waals surface area contributed by atoms with Gasteiger partial charge in [-0.05, 0) is 39.3 Å². The molecule has 2 aliphatic rings. The second-order valence-electron chi connectivity index (χ2n) is 6.58. The third-order valence-corrected chi connectivity index (χ3v) is 3.83. The van der Waals surface area contributed by atoms with Crippen molar-refractivity contribution in [1.29, 1.82) is 0 Å². The predicted molar refractivity (Wildman–Crippen MR) is 79.1 cm³/mol. The highest BCUT2D eigenvalue weighted by Crippen LogP contribution is 2.36. The van der Waals surface area contributed by atoms with Crippen molar-refractivity contribution in [2.45, 2.75) is 44.9 Å². The Labute approximate surface area is 124 Å². The van der Waals surface area contributed by atoms with E-state index in [9.17, 15) is 9.59 Å². The maximum Gasteiger partial charge on any atom is 0.411 e. The number of amides is 2.